The van der Waals surface area contributed by atoms with E-state index in [4.69, 9.17) is 25.8 Å². The molecular weight excluding hydrogens is 296 g/mol. The van der Waals surface area contributed by atoms with E-state index in [1.807, 2.05) is 20.8 Å². The van der Waals surface area contributed by atoms with Crippen molar-refractivity contribution in [1.82, 2.24) is 0 Å². The molecule has 4 N–H and O–H groups in total. The van der Waals surface area contributed by atoms with Crippen LogP contribution in [-0.2, 0) is 14.2 Å². The Morgan fingerprint density at radius 2 is 2.00 bits per heavy atom. The van der Waals surface area contributed by atoms with Crippen molar-refractivity contribution in [1.29, 1.82) is 0 Å². The summed E-state index contributed by atoms with van der Waals surface area (Å²) in [6, 6.07) is -0.0311. The minimum atomic E-state index is -0.0344. The van der Waals surface area contributed by atoms with Gasteiger partial charge in [0.25, 0.3) is 0 Å². The lowest BCUT2D eigenvalue weighted by molar-refractivity contribution is 0.144. The molecular formula is C16H36N4O3. The second-order valence-electron chi connectivity index (χ2n) is 4.65. The minimum absolute atomic E-state index is 0.00334. The third-order valence-electron chi connectivity index (χ3n) is 2.81. The Kier molecular flexibility index (Phi) is 20.0. The first-order chi connectivity index (χ1) is 11.2. The largest absolute Gasteiger partial charge is 0.382 e. The molecule has 2 atom stereocenters. The molecule has 23 heavy (non-hydrogen) atoms. The van der Waals surface area contributed by atoms with Gasteiger partial charge in [-0.25, -0.2) is 0 Å². The SMILES string of the molecule is CC.CCCCOCC.COC/C(C=NC1COCC1N)=N/N. The van der Waals surface area contributed by atoms with Gasteiger partial charge in [0.1, 0.15) is 5.71 Å². The number of nitrogens with two attached hydrogens (primary N) is 2. The molecule has 1 heterocycles. The van der Waals surface area contributed by atoms with Crippen molar-refractivity contribution < 1.29 is 14.2 Å². The molecule has 0 radical (unpaired) electrons. The van der Waals surface area contributed by atoms with E-state index in [1.54, 1.807) is 13.3 Å². The summed E-state index contributed by atoms with van der Waals surface area (Å²) in [5.74, 6) is 5.13. The predicted molar refractivity (Wildman–Crippen MR) is 97.3 cm³/mol. The summed E-state index contributed by atoms with van der Waals surface area (Å²) in [7, 11) is 1.57. The van der Waals surface area contributed by atoms with E-state index in [-0.39, 0.29) is 12.1 Å². The van der Waals surface area contributed by atoms with Gasteiger partial charge in [0.15, 0.2) is 0 Å². The van der Waals surface area contributed by atoms with Crippen molar-refractivity contribution in [3.05, 3.63) is 0 Å². The maximum atomic E-state index is 5.74. The van der Waals surface area contributed by atoms with Crippen LogP contribution in [0.3, 0.4) is 0 Å². The molecule has 2 unspecified atom stereocenters. The van der Waals surface area contributed by atoms with Gasteiger partial charge < -0.3 is 25.8 Å². The van der Waals surface area contributed by atoms with E-state index in [1.165, 1.54) is 12.8 Å². The zero-order chi connectivity index (χ0) is 17.9. The topological polar surface area (TPSA) is 104 Å². The average Bonchev–Trinajstić information content (AvgIpc) is 2.99. The van der Waals surface area contributed by atoms with Crippen LogP contribution in [0.2, 0.25) is 0 Å². The van der Waals surface area contributed by atoms with Crippen molar-refractivity contribution in [2.45, 2.75) is 52.6 Å². The van der Waals surface area contributed by atoms with Crippen molar-refractivity contribution in [3.8, 4) is 0 Å². The van der Waals surface area contributed by atoms with Gasteiger partial charge in [-0.1, -0.05) is 27.2 Å². The number of hydrazone groups is 1. The summed E-state index contributed by atoms with van der Waals surface area (Å²) < 4.78 is 15.1. The first kappa shape index (κ1) is 24.2. The van der Waals surface area contributed by atoms with Crippen molar-refractivity contribution in [3.63, 3.8) is 0 Å². The Morgan fingerprint density at radius 3 is 2.43 bits per heavy atom. The molecule has 0 aromatic carbocycles. The van der Waals surface area contributed by atoms with Crippen LogP contribution in [0, 0.1) is 0 Å². The molecule has 0 aliphatic carbocycles. The van der Waals surface area contributed by atoms with Crippen LogP contribution in [0.25, 0.3) is 0 Å². The zero-order valence-electron chi connectivity index (χ0n) is 15.5. The number of aliphatic imine (C=N–C) groups is 1. The summed E-state index contributed by atoms with van der Waals surface area (Å²) >= 11 is 0. The number of rotatable bonds is 8. The Hall–Kier alpha value is -1.02. The summed E-state index contributed by atoms with van der Waals surface area (Å²) in [6.07, 6.45) is 4.02. The first-order valence-corrected chi connectivity index (χ1v) is 8.39. The van der Waals surface area contributed by atoms with Crippen LogP contribution in [-0.4, -0.2) is 64.2 Å². The van der Waals surface area contributed by atoms with Crippen LogP contribution in [0.5, 0.6) is 0 Å². The molecule has 0 aromatic heterocycles. The van der Waals surface area contributed by atoms with Gasteiger partial charge in [0.2, 0.25) is 0 Å². The Balaban J connectivity index is 0. The molecule has 0 bridgehead atoms. The quantitative estimate of drug-likeness (QED) is 0.304. The van der Waals surface area contributed by atoms with E-state index < -0.39 is 0 Å². The second kappa shape index (κ2) is 19.0. The Labute approximate surface area is 141 Å². The summed E-state index contributed by atoms with van der Waals surface area (Å²) in [5.41, 5.74) is 6.33. The lowest BCUT2D eigenvalue weighted by atomic mass is 10.2. The summed E-state index contributed by atoms with van der Waals surface area (Å²) in [5, 5.41) is 3.52. The second-order valence-corrected chi connectivity index (χ2v) is 4.65. The van der Waals surface area contributed by atoms with Crippen molar-refractivity contribution >= 4 is 11.9 Å². The smallest absolute Gasteiger partial charge is 0.103 e. The summed E-state index contributed by atoms with van der Waals surface area (Å²) in [4.78, 5) is 4.23. The number of ether oxygens (including phenoxy) is 3. The van der Waals surface area contributed by atoms with E-state index in [2.05, 4.69) is 17.0 Å². The molecule has 0 spiro atoms. The first-order valence-electron chi connectivity index (χ1n) is 8.39. The van der Waals surface area contributed by atoms with E-state index in [0.29, 0.717) is 25.5 Å². The van der Waals surface area contributed by atoms with Gasteiger partial charge >= 0.3 is 0 Å². The van der Waals surface area contributed by atoms with Crippen molar-refractivity contribution in [2.75, 3.05) is 40.1 Å². The third-order valence-corrected chi connectivity index (χ3v) is 2.81. The van der Waals surface area contributed by atoms with Crippen molar-refractivity contribution in [2.24, 2.45) is 21.7 Å². The lowest BCUT2D eigenvalue weighted by Gasteiger charge is -2.06. The minimum Gasteiger partial charge on any atom is -0.382 e. The number of unbranched alkanes of at least 4 members (excludes halogenated alkanes) is 1. The van der Waals surface area contributed by atoms with Gasteiger partial charge in [0.05, 0.1) is 31.9 Å². The fourth-order valence-corrected chi connectivity index (χ4v) is 1.54. The van der Waals surface area contributed by atoms with Crippen LogP contribution < -0.4 is 11.6 Å². The highest BCUT2D eigenvalue weighted by atomic mass is 16.5. The van der Waals surface area contributed by atoms with Crippen LogP contribution >= 0.6 is 0 Å². The molecule has 0 aromatic rings. The van der Waals surface area contributed by atoms with Gasteiger partial charge in [0, 0.05) is 26.5 Å². The normalized spacial score (nSPS) is 20.7. The third kappa shape index (κ3) is 14.3. The molecule has 0 amide bonds. The van der Waals surface area contributed by atoms with Crippen LogP contribution in [0.1, 0.15) is 40.5 Å². The maximum Gasteiger partial charge on any atom is 0.103 e. The average molecular weight is 332 g/mol. The fourth-order valence-electron chi connectivity index (χ4n) is 1.54. The monoisotopic (exact) mass is 332 g/mol. The molecule has 1 aliphatic rings. The number of nitrogens with zero attached hydrogens (tertiary/aromatic N) is 2. The molecule has 7 nitrogen and oxygen atoms in total. The molecule has 138 valence electrons. The van der Waals surface area contributed by atoms with Crippen LogP contribution in [0.4, 0.5) is 0 Å². The molecule has 7 heteroatoms. The zero-order valence-corrected chi connectivity index (χ0v) is 15.5. The molecule has 1 aliphatic heterocycles. The highest BCUT2D eigenvalue weighted by Crippen LogP contribution is 2.06. The highest BCUT2D eigenvalue weighted by Gasteiger charge is 2.23. The van der Waals surface area contributed by atoms with E-state index in [0.717, 1.165) is 13.2 Å². The van der Waals surface area contributed by atoms with Gasteiger partial charge in [-0.15, -0.1) is 0 Å². The number of methoxy groups -OCH3 is 1. The standard InChI is InChI=1S/C8H16N4O2.C6H14O.C2H6/c1-13-3-6(12-10)2-11-8-5-14-4-7(8)9;1-3-5-6-7-4-2;1-2/h2,7-8H,3-5,9-10H2,1H3;3-6H2,1-2H3;1-2H3/b11-2?,12-6+;;. The number of hydrogen-bond acceptors (Lipinski definition) is 7. The predicted octanol–water partition coefficient (Wildman–Crippen LogP) is 1.59. The summed E-state index contributed by atoms with van der Waals surface area (Å²) in [6.45, 7) is 11.5. The molecule has 0 saturated carbocycles. The number of hydrogen-bond donors (Lipinski definition) is 2. The van der Waals surface area contributed by atoms with Gasteiger partial charge in [-0.05, 0) is 13.3 Å². The van der Waals surface area contributed by atoms with E-state index in [9.17, 15) is 0 Å². The Morgan fingerprint density at radius 1 is 1.30 bits per heavy atom. The maximum absolute atomic E-state index is 5.74. The van der Waals surface area contributed by atoms with Gasteiger partial charge in [-0.3, -0.25) is 4.99 Å². The highest BCUT2D eigenvalue weighted by molar-refractivity contribution is 6.31. The Bertz CT molecular complexity index is 295. The van der Waals surface area contributed by atoms with E-state index >= 15 is 0 Å². The van der Waals surface area contributed by atoms with Gasteiger partial charge in [-0.2, -0.15) is 5.10 Å². The lowest BCUT2D eigenvalue weighted by Crippen LogP contribution is -2.32. The molecule has 1 saturated heterocycles. The fraction of sp³-hybridized carbons (Fsp3) is 0.875. The van der Waals surface area contributed by atoms with Crippen LogP contribution in [0.15, 0.2) is 10.1 Å². The molecule has 1 fully saturated rings. The molecule has 1 rings (SSSR count).